The molecule has 0 atom stereocenters. The molecule has 34 heavy (non-hydrogen) atoms. The molecule has 1 N–H and O–H groups in total. The largest absolute Gasteiger partial charge is 0.497 e. The number of fused-ring (bicyclic) bond motifs is 1. The second kappa shape index (κ2) is 9.58. The normalized spacial score (nSPS) is 10.7. The van der Waals surface area contributed by atoms with Gasteiger partial charge < -0.3 is 19.4 Å². The summed E-state index contributed by atoms with van der Waals surface area (Å²) in [6, 6.07) is 16.8. The van der Waals surface area contributed by atoms with Crippen LogP contribution in [0.1, 0.15) is 21.6 Å². The monoisotopic (exact) mass is 457 g/mol. The number of benzene rings is 2. The van der Waals surface area contributed by atoms with Crippen LogP contribution in [0.4, 0.5) is 5.69 Å². The number of methoxy groups -OCH3 is 2. The van der Waals surface area contributed by atoms with Crippen molar-refractivity contribution in [3.8, 4) is 11.5 Å². The summed E-state index contributed by atoms with van der Waals surface area (Å²) in [7, 11) is 3.08. The average Bonchev–Trinajstić information content (AvgIpc) is 2.85. The number of carbonyl (C=O) groups excluding carboxylic acids is 2. The Kier molecular flexibility index (Phi) is 6.40. The lowest BCUT2D eigenvalue weighted by molar-refractivity contribution is -0.116. The van der Waals surface area contributed by atoms with Crippen LogP contribution < -0.4 is 20.2 Å². The Balaban J connectivity index is 1.73. The van der Waals surface area contributed by atoms with Crippen molar-refractivity contribution in [3.63, 3.8) is 0 Å². The minimum atomic E-state index is -0.447. The molecule has 0 unspecified atom stereocenters. The number of amides is 1. The Morgan fingerprint density at radius 2 is 1.71 bits per heavy atom. The highest BCUT2D eigenvalue weighted by atomic mass is 16.5. The predicted octanol–water partition coefficient (Wildman–Crippen LogP) is 3.59. The molecule has 0 fully saturated rings. The Hall–Kier alpha value is -4.46. The fourth-order valence-corrected chi connectivity index (χ4v) is 3.60. The molecule has 2 heterocycles. The number of aryl methyl sites for hydroxylation is 1. The summed E-state index contributed by atoms with van der Waals surface area (Å²) in [5, 5.41) is 3.07. The van der Waals surface area contributed by atoms with Gasteiger partial charge in [-0.15, -0.1) is 0 Å². The molecule has 8 nitrogen and oxygen atoms in total. The van der Waals surface area contributed by atoms with E-state index >= 15 is 0 Å². The van der Waals surface area contributed by atoms with E-state index in [2.05, 4.69) is 10.3 Å². The van der Waals surface area contributed by atoms with E-state index in [1.165, 1.54) is 17.9 Å². The average molecular weight is 457 g/mol. The molecule has 8 heteroatoms. The van der Waals surface area contributed by atoms with Crippen molar-refractivity contribution >= 4 is 28.4 Å². The molecule has 0 aliphatic carbocycles. The predicted molar refractivity (Wildman–Crippen MR) is 129 cm³/mol. The number of hydrogen-bond acceptors (Lipinski definition) is 6. The zero-order valence-electron chi connectivity index (χ0n) is 19.0. The van der Waals surface area contributed by atoms with Crippen LogP contribution in [0.3, 0.4) is 0 Å². The third-order valence-corrected chi connectivity index (χ3v) is 5.32. The zero-order chi connectivity index (χ0) is 24.2. The number of aromatic nitrogens is 2. The zero-order valence-corrected chi connectivity index (χ0v) is 19.0. The van der Waals surface area contributed by atoms with Gasteiger partial charge in [0.2, 0.25) is 11.3 Å². The summed E-state index contributed by atoms with van der Waals surface area (Å²) in [6.07, 6.45) is 1.40. The van der Waals surface area contributed by atoms with Crippen molar-refractivity contribution in [2.24, 2.45) is 0 Å². The SMILES string of the molecule is COc1ccc(C(=O)c2cn(CC(=O)Nc3cccc(OC)c3)c3nc(C)ccc3c2=O)cc1. The summed E-state index contributed by atoms with van der Waals surface area (Å²) in [5.74, 6) is 0.416. The van der Waals surface area contributed by atoms with Gasteiger partial charge >= 0.3 is 0 Å². The highest BCUT2D eigenvalue weighted by Crippen LogP contribution is 2.19. The number of ketones is 1. The molecule has 0 radical (unpaired) electrons. The molecule has 0 saturated heterocycles. The molecule has 2 aromatic carbocycles. The van der Waals surface area contributed by atoms with E-state index in [4.69, 9.17) is 9.47 Å². The molecule has 0 spiro atoms. The van der Waals surface area contributed by atoms with Crippen LogP contribution in [0.15, 0.2) is 71.7 Å². The number of anilines is 1. The minimum Gasteiger partial charge on any atom is -0.497 e. The van der Waals surface area contributed by atoms with E-state index in [1.807, 2.05) is 0 Å². The van der Waals surface area contributed by atoms with Gasteiger partial charge in [0.1, 0.15) is 23.7 Å². The van der Waals surface area contributed by atoms with E-state index in [9.17, 15) is 14.4 Å². The van der Waals surface area contributed by atoms with Crippen molar-refractivity contribution in [2.45, 2.75) is 13.5 Å². The van der Waals surface area contributed by atoms with Gasteiger partial charge in [-0.1, -0.05) is 6.07 Å². The fraction of sp³-hybridized carbons (Fsp3) is 0.154. The third-order valence-electron chi connectivity index (χ3n) is 5.32. The summed E-state index contributed by atoms with van der Waals surface area (Å²) in [6.45, 7) is 1.65. The first-order chi connectivity index (χ1) is 16.4. The van der Waals surface area contributed by atoms with E-state index in [0.717, 1.165) is 0 Å². The molecule has 0 aliphatic heterocycles. The van der Waals surface area contributed by atoms with Crippen LogP contribution in [0.2, 0.25) is 0 Å². The van der Waals surface area contributed by atoms with Crippen molar-refractivity contribution in [1.82, 2.24) is 9.55 Å². The maximum Gasteiger partial charge on any atom is 0.244 e. The topological polar surface area (TPSA) is 99.5 Å². The van der Waals surface area contributed by atoms with Gasteiger partial charge in [0.05, 0.1) is 25.2 Å². The summed E-state index contributed by atoms with van der Waals surface area (Å²) in [4.78, 5) is 43.6. The lowest BCUT2D eigenvalue weighted by Gasteiger charge is -2.13. The Bertz CT molecular complexity index is 1440. The van der Waals surface area contributed by atoms with Crippen LogP contribution in [0.5, 0.6) is 11.5 Å². The number of nitrogens with zero attached hydrogens (tertiary/aromatic N) is 2. The van der Waals surface area contributed by atoms with Crippen LogP contribution >= 0.6 is 0 Å². The van der Waals surface area contributed by atoms with Crippen molar-refractivity contribution in [2.75, 3.05) is 19.5 Å². The highest BCUT2D eigenvalue weighted by Gasteiger charge is 2.19. The Morgan fingerprint density at radius 3 is 2.41 bits per heavy atom. The maximum atomic E-state index is 13.2. The van der Waals surface area contributed by atoms with Crippen molar-refractivity contribution in [1.29, 1.82) is 0 Å². The van der Waals surface area contributed by atoms with Crippen LogP contribution in [0, 0.1) is 6.92 Å². The van der Waals surface area contributed by atoms with Crippen molar-refractivity contribution in [3.05, 3.63) is 93.9 Å². The second-order valence-electron chi connectivity index (χ2n) is 7.66. The van der Waals surface area contributed by atoms with Gasteiger partial charge in [-0.2, -0.15) is 0 Å². The number of ether oxygens (including phenoxy) is 2. The van der Waals surface area contributed by atoms with Crippen LogP contribution in [-0.4, -0.2) is 35.5 Å². The van der Waals surface area contributed by atoms with Crippen molar-refractivity contribution < 1.29 is 19.1 Å². The molecule has 172 valence electrons. The van der Waals surface area contributed by atoms with Gasteiger partial charge in [0, 0.05) is 29.2 Å². The van der Waals surface area contributed by atoms with Gasteiger partial charge in [-0.25, -0.2) is 4.98 Å². The molecule has 0 aliphatic rings. The van der Waals surface area contributed by atoms with Gasteiger partial charge in [0.25, 0.3) is 0 Å². The third kappa shape index (κ3) is 4.66. The first-order valence-corrected chi connectivity index (χ1v) is 10.5. The van der Waals surface area contributed by atoms with E-state index in [-0.39, 0.29) is 23.4 Å². The molecule has 4 aromatic rings. The minimum absolute atomic E-state index is 0.0440. The molecule has 0 saturated carbocycles. The lowest BCUT2D eigenvalue weighted by Crippen LogP contribution is -2.25. The molecule has 0 bridgehead atoms. The number of pyridine rings is 2. The molecule has 2 aromatic heterocycles. The van der Waals surface area contributed by atoms with Crippen LogP contribution in [0.25, 0.3) is 11.0 Å². The molecular formula is C26H23N3O5. The summed E-state index contributed by atoms with van der Waals surface area (Å²) < 4.78 is 11.9. The molecule has 1 amide bonds. The summed E-state index contributed by atoms with van der Waals surface area (Å²) >= 11 is 0. The smallest absolute Gasteiger partial charge is 0.244 e. The highest BCUT2D eigenvalue weighted by molar-refractivity contribution is 6.10. The Labute approximate surface area is 195 Å². The first kappa shape index (κ1) is 22.7. The van der Waals surface area contributed by atoms with Gasteiger partial charge in [-0.05, 0) is 55.5 Å². The van der Waals surface area contributed by atoms with Gasteiger partial charge in [-0.3, -0.25) is 14.4 Å². The van der Waals surface area contributed by atoms with Gasteiger partial charge in [0.15, 0.2) is 5.78 Å². The van der Waals surface area contributed by atoms with Crippen LogP contribution in [-0.2, 0) is 11.3 Å². The lowest BCUT2D eigenvalue weighted by atomic mass is 10.0. The second-order valence-corrected chi connectivity index (χ2v) is 7.66. The summed E-state index contributed by atoms with van der Waals surface area (Å²) in [5.41, 5.74) is 1.43. The number of hydrogen-bond donors (Lipinski definition) is 1. The number of carbonyl (C=O) groups is 2. The first-order valence-electron chi connectivity index (χ1n) is 10.5. The van der Waals surface area contributed by atoms with E-state index in [0.29, 0.717) is 34.1 Å². The van der Waals surface area contributed by atoms with E-state index < -0.39 is 11.2 Å². The standard InChI is InChI=1S/C26H23N3O5/c1-16-7-12-21-25(32)22(24(31)17-8-10-19(33-2)11-9-17)14-29(26(21)27-16)15-23(30)28-18-5-4-6-20(13-18)34-3/h4-14H,15H2,1-3H3,(H,28,30). The quantitative estimate of drug-likeness (QED) is 0.426. The molecule has 4 rings (SSSR count). The Morgan fingerprint density at radius 1 is 0.971 bits per heavy atom. The number of rotatable bonds is 7. The fourth-order valence-electron chi connectivity index (χ4n) is 3.60. The maximum absolute atomic E-state index is 13.2. The van der Waals surface area contributed by atoms with E-state index in [1.54, 1.807) is 74.7 Å². The molecular weight excluding hydrogens is 434 g/mol. The number of nitrogens with one attached hydrogen (secondary N) is 1.